The van der Waals surface area contributed by atoms with Crippen molar-refractivity contribution in [3.63, 3.8) is 0 Å². The van der Waals surface area contributed by atoms with Gasteiger partial charge in [0.2, 0.25) is 5.95 Å². The topological polar surface area (TPSA) is 139 Å². The number of aromatic amines is 1. The normalized spacial score (nSPS) is 26.1. The van der Waals surface area contributed by atoms with Crippen molar-refractivity contribution in [1.82, 2.24) is 19.5 Å². The fourth-order valence-electron chi connectivity index (χ4n) is 3.37. The first kappa shape index (κ1) is 20.1. The predicted molar refractivity (Wildman–Crippen MR) is 108 cm³/mol. The first-order valence-corrected chi connectivity index (χ1v) is 12.1. The zero-order valence-corrected chi connectivity index (χ0v) is 16.8. The molecule has 9 nitrogen and oxygen atoms in total. The predicted octanol–water partition coefficient (Wildman–Crippen LogP) is 0.373. The van der Waals surface area contributed by atoms with Gasteiger partial charge in [0, 0.05) is 6.42 Å². The molecule has 150 valence electrons. The number of rotatable bonds is 6. The standard InChI is InChI=1S/C17H28N5O4P/c1-5-6-10-19-11-14(20-17(18)21-15(11)25)22(10)16-13(24)12(23)9(26-16)7-8-27(2,3)4/h9,12-13,16,23-24H,2,5-8H2,1,3-4H3,(H3,18,20,21,25)/t9-,12-,13-,16?/m1/s1. The lowest BCUT2D eigenvalue weighted by atomic mass is 10.1. The average Bonchev–Trinajstić information content (AvgIpc) is 3.04. The van der Waals surface area contributed by atoms with Gasteiger partial charge < -0.3 is 20.7 Å². The summed E-state index contributed by atoms with van der Waals surface area (Å²) >= 11 is 0. The molecule has 0 aromatic carbocycles. The van der Waals surface area contributed by atoms with Crippen LogP contribution >= 0.6 is 6.89 Å². The van der Waals surface area contributed by atoms with Crippen molar-refractivity contribution in [2.75, 3.05) is 25.2 Å². The number of hydrogen-bond acceptors (Lipinski definition) is 7. The number of hydrogen-bond donors (Lipinski definition) is 4. The van der Waals surface area contributed by atoms with E-state index in [0.717, 1.165) is 12.6 Å². The molecule has 1 aliphatic heterocycles. The summed E-state index contributed by atoms with van der Waals surface area (Å²) in [6, 6.07) is 0. The molecule has 0 spiro atoms. The van der Waals surface area contributed by atoms with Crippen LogP contribution in [-0.4, -0.2) is 73.8 Å². The number of nitrogens with two attached hydrogens (primary N) is 1. The molecular weight excluding hydrogens is 369 g/mol. The summed E-state index contributed by atoms with van der Waals surface area (Å²) in [7, 11) is 0. The number of nitrogens with one attached hydrogen (secondary N) is 1. The van der Waals surface area contributed by atoms with E-state index in [-0.39, 0.29) is 17.1 Å². The van der Waals surface area contributed by atoms with Crippen LogP contribution in [0.15, 0.2) is 4.79 Å². The number of aromatic nitrogens is 4. The number of aryl methyl sites for hydroxylation is 1. The second-order valence-electron chi connectivity index (χ2n) is 7.77. The molecule has 1 saturated heterocycles. The molecule has 3 rings (SSSR count). The minimum Gasteiger partial charge on any atom is -0.388 e. The lowest BCUT2D eigenvalue weighted by molar-refractivity contribution is -0.0368. The summed E-state index contributed by atoms with van der Waals surface area (Å²) in [5, 5.41) is 21.1. The van der Waals surface area contributed by atoms with E-state index in [4.69, 9.17) is 10.5 Å². The molecule has 4 atom stereocenters. The Morgan fingerprint density at radius 2 is 2.04 bits per heavy atom. The highest BCUT2D eigenvalue weighted by atomic mass is 31.2. The van der Waals surface area contributed by atoms with Gasteiger partial charge in [0.05, 0.1) is 6.10 Å². The van der Waals surface area contributed by atoms with Gasteiger partial charge in [-0.25, -0.2) is 4.98 Å². The highest BCUT2D eigenvalue weighted by Crippen LogP contribution is 2.40. The fraction of sp³-hybridized carbons (Fsp3) is 0.647. The molecule has 10 heteroatoms. The number of H-pyrrole nitrogens is 1. The summed E-state index contributed by atoms with van der Waals surface area (Å²) < 4.78 is 7.62. The van der Waals surface area contributed by atoms with Gasteiger partial charge in [-0.05, 0) is 32.3 Å². The van der Waals surface area contributed by atoms with E-state index in [1.54, 1.807) is 4.57 Å². The van der Waals surface area contributed by atoms with Crippen molar-refractivity contribution in [3.8, 4) is 0 Å². The molecule has 0 amide bonds. The lowest BCUT2D eigenvalue weighted by Gasteiger charge is -2.20. The fourth-order valence-corrected chi connectivity index (χ4v) is 4.32. The monoisotopic (exact) mass is 397 g/mol. The Morgan fingerprint density at radius 3 is 2.67 bits per heavy atom. The Labute approximate surface area is 157 Å². The Hall–Kier alpha value is -1.67. The number of ether oxygens (including phenoxy) is 1. The van der Waals surface area contributed by atoms with Gasteiger partial charge in [-0.15, -0.1) is 13.2 Å². The molecule has 5 N–H and O–H groups in total. The van der Waals surface area contributed by atoms with Gasteiger partial charge in [0.25, 0.3) is 5.56 Å². The van der Waals surface area contributed by atoms with E-state index >= 15 is 0 Å². The maximum Gasteiger partial charge on any atom is 0.280 e. The lowest BCUT2D eigenvalue weighted by Crippen LogP contribution is -2.32. The number of anilines is 1. The number of imidazole rings is 1. The van der Waals surface area contributed by atoms with Crippen molar-refractivity contribution in [1.29, 1.82) is 0 Å². The van der Waals surface area contributed by atoms with Crippen molar-refractivity contribution in [2.45, 2.75) is 50.7 Å². The number of aliphatic hydroxyl groups is 2. The van der Waals surface area contributed by atoms with Crippen molar-refractivity contribution < 1.29 is 14.9 Å². The van der Waals surface area contributed by atoms with Crippen molar-refractivity contribution >= 4 is 30.3 Å². The third-order valence-corrected chi connectivity index (χ3v) is 6.20. The van der Waals surface area contributed by atoms with Crippen LogP contribution in [0.2, 0.25) is 0 Å². The zero-order chi connectivity index (χ0) is 19.9. The van der Waals surface area contributed by atoms with Crippen LogP contribution in [0.1, 0.15) is 31.8 Å². The van der Waals surface area contributed by atoms with Crippen LogP contribution in [0.5, 0.6) is 0 Å². The maximum atomic E-state index is 12.2. The Bertz CT molecular complexity index is 933. The highest BCUT2D eigenvalue weighted by Gasteiger charge is 2.45. The Kier molecular flexibility index (Phi) is 5.49. The third-order valence-electron chi connectivity index (χ3n) is 4.73. The van der Waals surface area contributed by atoms with Crippen LogP contribution in [0.25, 0.3) is 11.2 Å². The van der Waals surface area contributed by atoms with Gasteiger partial charge in [-0.2, -0.15) is 4.98 Å². The largest absolute Gasteiger partial charge is 0.388 e. The molecule has 2 aromatic heterocycles. The van der Waals surface area contributed by atoms with E-state index in [0.29, 0.717) is 18.7 Å². The van der Waals surface area contributed by atoms with Gasteiger partial charge in [-0.1, -0.05) is 6.92 Å². The molecule has 27 heavy (non-hydrogen) atoms. The Morgan fingerprint density at radius 1 is 1.33 bits per heavy atom. The second-order valence-corrected chi connectivity index (χ2v) is 12.1. The third kappa shape index (κ3) is 3.96. The average molecular weight is 397 g/mol. The molecule has 1 aliphatic rings. The number of nitrogens with zero attached hydrogens (tertiary/aromatic N) is 3. The summed E-state index contributed by atoms with van der Waals surface area (Å²) in [5.74, 6) is 0.530. The minimum absolute atomic E-state index is 0.0371. The minimum atomic E-state index is -1.28. The molecular formula is C17H28N5O4P. The quantitative estimate of drug-likeness (QED) is 0.517. The van der Waals surface area contributed by atoms with Gasteiger partial charge >= 0.3 is 0 Å². The zero-order valence-electron chi connectivity index (χ0n) is 15.9. The van der Waals surface area contributed by atoms with E-state index in [1.807, 2.05) is 6.92 Å². The first-order valence-electron chi connectivity index (χ1n) is 9.08. The van der Waals surface area contributed by atoms with E-state index in [9.17, 15) is 15.0 Å². The van der Waals surface area contributed by atoms with Crippen LogP contribution in [-0.2, 0) is 11.2 Å². The molecule has 0 radical (unpaired) electrons. The Balaban J connectivity index is 2.02. The number of nitrogen functional groups attached to an aromatic ring is 1. The molecule has 0 aliphatic carbocycles. The van der Waals surface area contributed by atoms with Crippen LogP contribution in [0.3, 0.4) is 0 Å². The van der Waals surface area contributed by atoms with E-state index in [2.05, 4.69) is 34.6 Å². The smallest absolute Gasteiger partial charge is 0.280 e. The summed E-state index contributed by atoms with van der Waals surface area (Å²) in [5.41, 5.74) is 5.65. The van der Waals surface area contributed by atoms with Gasteiger partial charge in [0.1, 0.15) is 18.0 Å². The van der Waals surface area contributed by atoms with Crippen LogP contribution in [0, 0.1) is 0 Å². The van der Waals surface area contributed by atoms with Crippen LogP contribution in [0.4, 0.5) is 5.95 Å². The van der Waals surface area contributed by atoms with Crippen LogP contribution < -0.4 is 11.3 Å². The van der Waals surface area contributed by atoms with Crippen molar-refractivity contribution in [2.24, 2.45) is 0 Å². The van der Waals surface area contributed by atoms with Crippen molar-refractivity contribution in [3.05, 3.63) is 16.2 Å². The first-order chi connectivity index (χ1) is 12.6. The second kappa shape index (κ2) is 7.39. The molecule has 1 fully saturated rings. The molecule has 3 heterocycles. The molecule has 1 unspecified atom stereocenters. The SMILES string of the molecule is C=P(C)(C)CC[C@H]1OC(n2c(CCC)nc3c(=O)[nH]c(N)nc32)[C@H](O)[C@@H]1O. The molecule has 0 bridgehead atoms. The number of aliphatic hydroxyl groups excluding tert-OH is 2. The van der Waals surface area contributed by atoms with Gasteiger partial charge in [0.15, 0.2) is 17.4 Å². The number of fused-ring (bicyclic) bond motifs is 1. The maximum absolute atomic E-state index is 12.2. The summed E-state index contributed by atoms with van der Waals surface area (Å²) in [6.07, 6.45) is 3.39. The van der Waals surface area contributed by atoms with Gasteiger partial charge in [-0.3, -0.25) is 14.3 Å². The van der Waals surface area contributed by atoms with E-state index < -0.39 is 37.0 Å². The summed E-state index contributed by atoms with van der Waals surface area (Å²) in [6.45, 7) is 4.93. The molecule has 2 aromatic rings. The summed E-state index contributed by atoms with van der Waals surface area (Å²) in [4.78, 5) is 23.2. The highest BCUT2D eigenvalue weighted by molar-refractivity contribution is 7.72. The van der Waals surface area contributed by atoms with E-state index in [1.165, 1.54) is 0 Å². The molecule has 0 saturated carbocycles.